The van der Waals surface area contributed by atoms with Crippen LogP contribution in [0.4, 0.5) is 11.4 Å². The van der Waals surface area contributed by atoms with Gasteiger partial charge in [-0.05, 0) is 69.7 Å². The lowest BCUT2D eigenvalue weighted by Gasteiger charge is -2.24. The van der Waals surface area contributed by atoms with Gasteiger partial charge in [-0.2, -0.15) is 0 Å². The predicted octanol–water partition coefficient (Wildman–Crippen LogP) is 4.47. The number of nitrogens with zero attached hydrogens (tertiary/aromatic N) is 2. The number of nitrogens with one attached hydrogen (secondary N) is 1. The fourth-order valence-corrected chi connectivity index (χ4v) is 4.51. The van der Waals surface area contributed by atoms with E-state index in [-0.39, 0.29) is 23.6 Å². The maximum absolute atomic E-state index is 13.1. The number of hydrogen-bond donors (Lipinski definition) is 1. The molecule has 32 heavy (non-hydrogen) atoms. The minimum absolute atomic E-state index is 0.0306. The van der Waals surface area contributed by atoms with E-state index in [9.17, 15) is 19.7 Å². The number of carbonyl (C=O) groups is 2. The van der Waals surface area contributed by atoms with Crippen LogP contribution in [0.2, 0.25) is 0 Å². The summed E-state index contributed by atoms with van der Waals surface area (Å²) in [5.74, 6) is 0.196. The molecule has 0 bridgehead atoms. The minimum Gasteiger partial charge on any atom is -0.490 e. The molecule has 4 rings (SSSR count). The van der Waals surface area contributed by atoms with Gasteiger partial charge in [0.25, 0.3) is 11.6 Å². The van der Waals surface area contributed by atoms with Crippen molar-refractivity contribution in [2.24, 2.45) is 0 Å². The first-order valence-corrected chi connectivity index (χ1v) is 11.1. The summed E-state index contributed by atoms with van der Waals surface area (Å²) in [6.45, 7) is 2.07. The Bertz CT molecular complexity index is 1030. The van der Waals surface area contributed by atoms with E-state index in [0.717, 1.165) is 25.0 Å². The van der Waals surface area contributed by atoms with Crippen molar-refractivity contribution in [2.45, 2.75) is 57.6 Å². The topological polar surface area (TPSA) is 102 Å². The number of ether oxygens (including phenoxy) is 1. The van der Waals surface area contributed by atoms with Gasteiger partial charge in [-0.1, -0.05) is 6.07 Å². The molecule has 1 unspecified atom stereocenters. The van der Waals surface area contributed by atoms with Crippen molar-refractivity contribution in [1.82, 2.24) is 4.90 Å². The van der Waals surface area contributed by atoms with E-state index in [1.807, 2.05) is 18.2 Å². The van der Waals surface area contributed by atoms with E-state index >= 15 is 0 Å². The van der Waals surface area contributed by atoms with Gasteiger partial charge in [-0.25, -0.2) is 0 Å². The fraction of sp³-hybridized carbons (Fsp3) is 0.417. The zero-order valence-corrected chi connectivity index (χ0v) is 18.1. The molecule has 8 heteroatoms. The molecule has 2 fully saturated rings. The van der Waals surface area contributed by atoms with Gasteiger partial charge in [-0.3, -0.25) is 19.7 Å². The molecular formula is C24H27N3O5. The first kappa shape index (κ1) is 21.8. The van der Waals surface area contributed by atoms with Gasteiger partial charge in [0.2, 0.25) is 5.91 Å². The van der Waals surface area contributed by atoms with Crippen molar-refractivity contribution in [3.8, 4) is 5.75 Å². The largest absolute Gasteiger partial charge is 0.490 e. The van der Waals surface area contributed by atoms with Crippen molar-refractivity contribution in [3.05, 3.63) is 63.7 Å². The van der Waals surface area contributed by atoms with Gasteiger partial charge in [-0.15, -0.1) is 0 Å². The second-order valence-corrected chi connectivity index (χ2v) is 8.46. The molecule has 2 aliphatic rings. The van der Waals surface area contributed by atoms with Gasteiger partial charge >= 0.3 is 0 Å². The molecule has 2 amide bonds. The molecule has 2 aromatic rings. The maximum Gasteiger partial charge on any atom is 0.272 e. The molecular weight excluding hydrogens is 410 g/mol. The van der Waals surface area contributed by atoms with Crippen molar-refractivity contribution in [2.75, 3.05) is 11.9 Å². The molecule has 1 saturated carbocycles. The van der Waals surface area contributed by atoms with Crippen LogP contribution in [0.1, 0.15) is 54.4 Å². The van der Waals surface area contributed by atoms with Gasteiger partial charge in [0.05, 0.1) is 11.0 Å². The summed E-state index contributed by atoms with van der Waals surface area (Å²) < 4.78 is 6.01. The van der Waals surface area contributed by atoms with E-state index in [1.165, 1.54) is 31.0 Å². The number of likely N-dealkylation sites (tertiary alicyclic amines) is 1. The van der Waals surface area contributed by atoms with Crippen LogP contribution in [0.5, 0.6) is 5.75 Å². The minimum atomic E-state index is -0.586. The molecule has 1 aliphatic heterocycles. The molecule has 0 spiro atoms. The highest BCUT2D eigenvalue weighted by Crippen LogP contribution is 2.27. The quantitative estimate of drug-likeness (QED) is 0.531. The van der Waals surface area contributed by atoms with Crippen molar-refractivity contribution in [1.29, 1.82) is 0 Å². The third-order valence-electron chi connectivity index (χ3n) is 6.16. The van der Waals surface area contributed by atoms with E-state index in [4.69, 9.17) is 4.74 Å². The molecule has 0 aromatic heterocycles. The van der Waals surface area contributed by atoms with Crippen molar-refractivity contribution < 1.29 is 19.2 Å². The molecule has 1 atom stereocenters. The smallest absolute Gasteiger partial charge is 0.272 e. The summed E-state index contributed by atoms with van der Waals surface area (Å²) in [7, 11) is 0. The second kappa shape index (κ2) is 9.38. The number of carbonyl (C=O) groups excluding carboxylic acids is 2. The standard InChI is InChI=1S/C24H27N3O5/c1-16-14-17(11-12-21(16)27(30)31)24(29)26-13-5-10-22(26)23(28)25-18-6-4-9-20(15-18)32-19-7-2-3-8-19/h4,6,9,11-12,14-15,19,22H,2-3,5,7-8,10,13H2,1H3,(H,25,28). The molecule has 1 saturated heterocycles. The molecule has 1 N–H and O–H groups in total. The molecule has 8 nitrogen and oxygen atoms in total. The molecule has 1 heterocycles. The lowest BCUT2D eigenvalue weighted by atomic mass is 10.1. The summed E-state index contributed by atoms with van der Waals surface area (Å²) in [4.78, 5) is 38.2. The van der Waals surface area contributed by atoms with Crippen molar-refractivity contribution in [3.63, 3.8) is 0 Å². The summed E-state index contributed by atoms with van der Waals surface area (Å²) in [5.41, 5.74) is 1.37. The maximum atomic E-state index is 13.1. The molecule has 1 aliphatic carbocycles. The summed E-state index contributed by atoms with van der Waals surface area (Å²) in [6.07, 6.45) is 5.99. The average molecular weight is 437 g/mol. The first-order chi connectivity index (χ1) is 15.4. The van der Waals surface area contributed by atoms with Gasteiger partial charge < -0.3 is 15.0 Å². The van der Waals surface area contributed by atoms with E-state index in [0.29, 0.717) is 29.8 Å². The molecule has 0 radical (unpaired) electrons. The Morgan fingerprint density at radius 2 is 1.88 bits per heavy atom. The van der Waals surface area contributed by atoms with Crippen LogP contribution in [0, 0.1) is 17.0 Å². The second-order valence-electron chi connectivity index (χ2n) is 8.46. The normalized spacial score (nSPS) is 18.5. The third-order valence-corrected chi connectivity index (χ3v) is 6.16. The number of amides is 2. The predicted molar refractivity (Wildman–Crippen MR) is 120 cm³/mol. The summed E-state index contributed by atoms with van der Waals surface area (Å²) in [5, 5.41) is 14.0. The van der Waals surface area contributed by atoms with Crippen LogP contribution in [0.3, 0.4) is 0 Å². The number of nitro benzene ring substituents is 1. The Hall–Kier alpha value is -3.42. The Morgan fingerprint density at radius 1 is 1.09 bits per heavy atom. The monoisotopic (exact) mass is 437 g/mol. The SMILES string of the molecule is Cc1cc(C(=O)N2CCCC2C(=O)Nc2cccc(OC3CCCC3)c2)ccc1[N+](=O)[O-]. The van der Waals surface area contributed by atoms with E-state index in [2.05, 4.69) is 5.32 Å². The Balaban J connectivity index is 1.44. The lowest BCUT2D eigenvalue weighted by Crippen LogP contribution is -2.43. The van der Waals surface area contributed by atoms with Gasteiger partial charge in [0.1, 0.15) is 11.8 Å². The zero-order chi connectivity index (χ0) is 22.7. The highest BCUT2D eigenvalue weighted by molar-refractivity contribution is 6.01. The number of anilines is 1. The summed E-state index contributed by atoms with van der Waals surface area (Å²) >= 11 is 0. The average Bonchev–Trinajstić information content (AvgIpc) is 3.45. The van der Waals surface area contributed by atoms with Crippen LogP contribution in [-0.4, -0.2) is 40.3 Å². The highest BCUT2D eigenvalue weighted by atomic mass is 16.6. The van der Waals surface area contributed by atoms with Crippen LogP contribution in [-0.2, 0) is 4.79 Å². The van der Waals surface area contributed by atoms with Crippen LogP contribution in [0.15, 0.2) is 42.5 Å². The summed E-state index contributed by atoms with van der Waals surface area (Å²) in [6, 6.07) is 11.1. The number of aryl methyl sites for hydroxylation is 1. The van der Waals surface area contributed by atoms with Crippen LogP contribution >= 0.6 is 0 Å². The Kier molecular flexibility index (Phi) is 6.39. The van der Waals surface area contributed by atoms with Gasteiger partial charge in [0.15, 0.2) is 0 Å². The van der Waals surface area contributed by atoms with Gasteiger partial charge in [0, 0.05) is 35.5 Å². The Morgan fingerprint density at radius 3 is 2.59 bits per heavy atom. The third kappa shape index (κ3) is 4.74. The number of hydrogen-bond acceptors (Lipinski definition) is 5. The highest BCUT2D eigenvalue weighted by Gasteiger charge is 2.35. The van der Waals surface area contributed by atoms with Crippen LogP contribution < -0.4 is 10.1 Å². The number of rotatable bonds is 6. The molecule has 2 aromatic carbocycles. The Labute approximate surface area is 186 Å². The zero-order valence-electron chi connectivity index (χ0n) is 18.1. The molecule has 168 valence electrons. The van der Waals surface area contributed by atoms with E-state index < -0.39 is 11.0 Å². The van der Waals surface area contributed by atoms with Crippen LogP contribution in [0.25, 0.3) is 0 Å². The fourth-order valence-electron chi connectivity index (χ4n) is 4.51. The lowest BCUT2D eigenvalue weighted by molar-refractivity contribution is -0.385. The number of nitro groups is 1. The number of benzene rings is 2. The van der Waals surface area contributed by atoms with E-state index in [1.54, 1.807) is 17.9 Å². The first-order valence-electron chi connectivity index (χ1n) is 11.1. The van der Waals surface area contributed by atoms with Crippen molar-refractivity contribution >= 4 is 23.2 Å².